The van der Waals surface area contributed by atoms with Gasteiger partial charge in [-0.2, -0.15) is 0 Å². The quantitative estimate of drug-likeness (QED) is 0.809. The number of fused-ring (bicyclic) bond motifs is 2. The van der Waals surface area contributed by atoms with Crippen LogP contribution in [0.5, 0.6) is 0 Å². The van der Waals surface area contributed by atoms with E-state index in [4.69, 9.17) is 11.6 Å². The van der Waals surface area contributed by atoms with Crippen molar-refractivity contribution in [1.82, 2.24) is 10.2 Å². The predicted octanol–water partition coefficient (Wildman–Crippen LogP) is 3.49. The number of benzene rings is 1. The number of carbonyl (C=O) groups is 1. The van der Waals surface area contributed by atoms with Crippen LogP contribution in [0.25, 0.3) is 0 Å². The highest BCUT2D eigenvalue weighted by Gasteiger charge is 2.31. The Morgan fingerprint density at radius 2 is 2.05 bits per heavy atom. The lowest BCUT2D eigenvalue weighted by atomic mass is 10.1. The van der Waals surface area contributed by atoms with Crippen LogP contribution in [0, 0.1) is 0 Å². The Kier molecular flexibility index (Phi) is 5.35. The van der Waals surface area contributed by atoms with Gasteiger partial charge in [-0.25, -0.2) is 0 Å². The third kappa shape index (κ3) is 3.30. The summed E-state index contributed by atoms with van der Waals surface area (Å²) in [7, 11) is 0. The Labute approximate surface area is 138 Å². The molecule has 0 aliphatic carbocycles. The number of amides is 1. The van der Waals surface area contributed by atoms with Crippen molar-refractivity contribution in [3.63, 3.8) is 0 Å². The molecule has 3 nitrogen and oxygen atoms in total. The van der Waals surface area contributed by atoms with Gasteiger partial charge in [0.1, 0.15) is 0 Å². The van der Waals surface area contributed by atoms with Gasteiger partial charge in [-0.05, 0) is 37.5 Å². The standard InChI is InChI=1S/C14H16BrClN2O.ClH/c15-9-1-4-13(16)12(7-9)14(19)18-6-5-10-2-3-11(8-18)17-10;/h1,4,7,10-11,17H,2-3,5-6,8H2;1H. The molecule has 1 N–H and O–H groups in total. The summed E-state index contributed by atoms with van der Waals surface area (Å²) in [6.07, 6.45) is 3.44. The molecule has 0 spiro atoms. The molecule has 2 aliphatic heterocycles. The Bertz CT molecular complexity index is 512. The molecule has 2 saturated heterocycles. The Morgan fingerprint density at radius 3 is 2.85 bits per heavy atom. The van der Waals surface area contributed by atoms with E-state index in [1.165, 1.54) is 12.8 Å². The summed E-state index contributed by atoms with van der Waals surface area (Å²) < 4.78 is 0.884. The van der Waals surface area contributed by atoms with E-state index in [9.17, 15) is 4.79 Å². The fourth-order valence-electron chi connectivity index (χ4n) is 2.96. The first kappa shape index (κ1) is 16.1. The first-order chi connectivity index (χ1) is 9.13. The smallest absolute Gasteiger partial charge is 0.255 e. The molecule has 2 unspecified atom stereocenters. The van der Waals surface area contributed by atoms with Gasteiger partial charge >= 0.3 is 0 Å². The summed E-state index contributed by atoms with van der Waals surface area (Å²) >= 11 is 9.54. The van der Waals surface area contributed by atoms with Gasteiger partial charge in [0.25, 0.3) is 5.91 Å². The number of carbonyl (C=O) groups excluding carboxylic acids is 1. The van der Waals surface area contributed by atoms with Gasteiger partial charge in [0.2, 0.25) is 0 Å². The molecule has 6 heteroatoms. The average molecular weight is 380 g/mol. The maximum Gasteiger partial charge on any atom is 0.255 e. The van der Waals surface area contributed by atoms with Gasteiger partial charge in [-0.15, -0.1) is 12.4 Å². The minimum absolute atomic E-state index is 0. The molecule has 2 atom stereocenters. The molecular weight excluding hydrogens is 363 g/mol. The highest BCUT2D eigenvalue weighted by Crippen LogP contribution is 2.25. The van der Waals surface area contributed by atoms with Crippen LogP contribution in [-0.4, -0.2) is 36.0 Å². The molecule has 1 aromatic carbocycles. The molecule has 3 rings (SSSR count). The molecule has 110 valence electrons. The van der Waals surface area contributed by atoms with Crippen molar-refractivity contribution >= 4 is 45.8 Å². The number of halogens is 3. The summed E-state index contributed by atoms with van der Waals surface area (Å²) in [6.45, 7) is 1.61. The number of hydrogen-bond acceptors (Lipinski definition) is 2. The number of nitrogens with one attached hydrogen (secondary N) is 1. The van der Waals surface area contributed by atoms with E-state index in [1.807, 2.05) is 11.0 Å². The SMILES string of the molecule is Cl.O=C(c1cc(Br)ccc1Cl)N1CCC2CCC(C1)N2. The third-order valence-electron chi connectivity index (χ3n) is 3.97. The molecule has 2 bridgehead atoms. The number of nitrogens with zero attached hydrogens (tertiary/aromatic N) is 1. The first-order valence-electron chi connectivity index (χ1n) is 6.64. The van der Waals surface area contributed by atoms with Gasteiger partial charge < -0.3 is 10.2 Å². The maximum absolute atomic E-state index is 12.6. The van der Waals surface area contributed by atoms with Crippen molar-refractivity contribution in [3.8, 4) is 0 Å². The summed E-state index contributed by atoms with van der Waals surface area (Å²) in [6, 6.07) is 6.45. The Hall–Kier alpha value is -0.290. The van der Waals surface area contributed by atoms with Crippen LogP contribution in [0.15, 0.2) is 22.7 Å². The molecule has 1 aromatic rings. The lowest BCUT2D eigenvalue weighted by Gasteiger charge is -2.24. The summed E-state index contributed by atoms with van der Waals surface area (Å²) in [5.41, 5.74) is 0.591. The molecule has 2 fully saturated rings. The van der Waals surface area contributed by atoms with E-state index in [0.29, 0.717) is 22.7 Å². The molecule has 0 saturated carbocycles. The molecule has 2 aliphatic rings. The fourth-order valence-corrected chi connectivity index (χ4v) is 3.52. The fraction of sp³-hybridized carbons (Fsp3) is 0.500. The number of hydrogen-bond donors (Lipinski definition) is 1. The summed E-state index contributed by atoms with van der Waals surface area (Å²) in [5, 5.41) is 4.10. The van der Waals surface area contributed by atoms with Crippen LogP contribution in [0.4, 0.5) is 0 Å². The van der Waals surface area contributed by atoms with Crippen molar-refractivity contribution < 1.29 is 4.79 Å². The second-order valence-electron chi connectivity index (χ2n) is 5.30. The molecule has 0 radical (unpaired) electrons. The number of likely N-dealkylation sites (tertiary alicyclic amines) is 1. The normalized spacial score (nSPS) is 25.0. The summed E-state index contributed by atoms with van der Waals surface area (Å²) in [4.78, 5) is 14.5. The van der Waals surface area contributed by atoms with Gasteiger partial charge in [-0.3, -0.25) is 4.79 Å². The van der Waals surface area contributed by atoms with Crippen LogP contribution in [0.1, 0.15) is 29.6 Å². The van der Waals surface area contributed by atoms with Crippen LogP contribution in [-0.2, 0) is 0 Å². The molecule has 0 aromatic heterocycles. The van der Waals surface area contributed by atoms with Gasteiger partial charge in [0.05, 0.1) is 10.6 Å². The van der Waals surface area contributed by atoms with Crippen LogP contribution >= 0.6 is 39.9 Å². The minimum atomic E-state index is 0. The highest BCUT2D eigenvalue weighted by atomic mass is 79.9. The zero-order chi connectivity index (χ0) is 13.4. The van der Waals surface area contributed by atoms with Crippen molar-refractivity contribution in [2.75, 3.05) is 13.1 Å². The highest BCUT2D eigenvalue weighted by molar-refractivity contribution is 9.10. The van der Waals surface area contributed by atoms with Crippen molar-refractivity contribution in [2.45, 2.75) is 31.3 Å². The largest absolute Gasteiger partial charge is 0.337 e. The van der Waals surface area contributed by atoms with E-state index < -0.39 is 0 Å². The van der Waals surface area contributed by atoms with E-state index in [2.05, 4.69) is 21.2 Å². The monoisotopic (exact) mass is 378 g/mol. The van der Waals surface area contributed by atoms with Gasteiger partial charge in [0.15, 0.2) is 0 Å². The second-order valence-corrected chi connectivity index (χ2v) is 6.62. The van der Waals surface area contributed by atoms with Crippen molar-refractivity contribution in [2.24, 2.45) is 0 Å². The molecular formula is C14H17BrCl2N2O. The Balaban J connectivity index is 0.00000147. The minimum Gasteiger partial charge on any atom is -0.337 e. The zero-order valence-electron chi connectivity index (χ0n) is 10.9. The maximum atomic E-state index is 12.6. The topological polar surface area (TPSA) is 32.3 Å². The molecule has 20 heavy (non-hydrogen) atoms. The number of rotatable bonds is 1. The molecule has 2 heterocycles. The average Bonchev–Trinajstić information content (AvgIpc) is 2.71. The van der Waals surface area contributed by atoms with Crippen LogP contribution in [0.3, 0.4) is 0 Å². The molecule has 1 amide bonds. The van der Waals surface area contributed by atoms with Crippen LogP contribution in [0.2, 0.25) is 5.02 Å². The van der Waals surface area contributed by atoms with Gasteiger partial charge in [0, 0.05) is 29.6 Å². The zero-order valence-corrected chi connectivity index (χ0v) is 14.1. The van der Waals surface area contributed by atoms with Crippen molar-refractivity contribution in [1.29, 1.82) is 0 Å². The Morgan fingerprint density at radius 1 is 1.30 bits per heavy atom. The lowest BCUT2D eigenvalue weighted by Crippen LogP contribution is -2.39. The summed E-state index contributed by atoms with van der Waals surface area (Å²) in [5.74, 6) is 0.0423. The van der Waals surface area contributed by atoms with Gasteiger partial charge in [-0.1, -0.05) is 27.5 Å². The van der Waals surface area contributed by atoms with Crippen LogP contribution < -0.4 is 5.32 Å². The van der Waals surface area contributed by atoms with E-state index in [-0.39, 0.29) is 18.3 Å². The third-order valence-corrected chi connectivity index (χ3v) is 4.79. The van der Waals surface area contributed by atoms with E-state index in [1.54, 1.807) is 12.1 Å². The lowest BCUT2D eigenvalue weighted by molar-refractivity contribution is 0.0748. The predicted molar refractivity (Wildman–Crippen MR) is 86.9 cm³/mol. The van der Waals surface area contributed by atoms with E-state index in [0.717, 1.165) is 24.0 Å². The first-order valence-corrected chi connectivity index (χ1v) is 7.81. The van der Waals surface area contributed by atoms with Crippen molar-refractivity contribution in [3.05, 3.63) is 33.3 Å². The van der Waals surface area contributed by atoms with E-state index >= 15 is 0 Å². The second kappa shape index (κ2) is 6.65.